The molecule has 3 aromatic rings. The van der Waals surface area contributed by atoms with Crippen LogP contribution in [0, 0.1) is 26.7 Å². The summed E-state index contributed by atoms with van der Waals surface area (Å²) in [5.74, 6) is 1.68. The molecule has 0 aliphatic heterocycles. The van der Waals surface area contributed by atoms with Gasteiger partial charge in [0.05, 0.1) is 0 Å². The van der Waals surface area contributed by atoms with Crippen LogP contribution < -0.4 is 0 Å². The predicted octanol–water partition coefficient (Wildman–Crippen LogP) is 9.14. The first-order valence-electron chi connectivity index (χ1n) is 12.8. The maximum Gasteiger partial charge on any atom is -0.0154 e. The van der Waals surface area contributed by atoms with Crippen LogP contribution in [0.2, 0.25) is 0 Å². The summed E-state index contributed by atoms with van der Waals surface area (Å²) in [5.41, 5.74) is 11.5. The minimum absolute atomic E-state index is 0.767. The van der Waals surface area contributed by atoms with Crippen molar-refractivity contribution >= 4 is 0 Å². The van der Waals surface area contributed by atoms with Crippen molar-refractivity contribution < 1.29 is 0 Å². The molecule has 0 radical (unpaired) electrons. The maximum atomic E-state index is 2.43. The van der Waals surface area contributed by atoms with E-state index in [4.69, 9.17) is 0 Å². The van der Waals surface area contributed by atoms with Crippen LogP contribution in [0.25, 0.3) is 11.1 Å². The summed E-state index contributed by atoms with van der Waals surface area (Å²) >= 11 is 0. The molecule has 1 saturated carbocycles. The smallest absolute Gasteiger partial charge is 0.0154 e. The third kappa shape index (κ3) is 5.71. The monoisotopic (exact) mass is 424 g/mol. The summed E-state index contributed by atoms with van der Waals surface area (Å²) < 4.78 is 0. The van der Waals surface area contributed by atoms with E-state index in [2.05, 4.69) is 88.4 Å². The first-order chi connectivity index (χ1) is 15.5. The van der Waals surface area contributed by atoms with Crippen LogP contribution in [0.3, 0.4) is 0 Å². The van der Waals surface area contributed by atoms with Crippen molar-refractivity contribution in [2.24, 2.45) is 5.92 Å². The largest absolute Gasteiger partial charge is 0.0625 e. The fourth-order valence-corrected chi connectivity index (χ4v) is 5.49. The summed E-state index contributed by atoms with van der Waals surface area (Å²) in [7, 11) is 0. The molecule has 0 spiro atoms. The van der Waals surface area contributed by atoms with Gasteiger partial charge in [-0.1, -0.05) is 86.0 Å². The summed E-state index contributed by atoms with van der Waals surface area (Å²) in [6.45, 7) is 9.15. The standard InChI is InChI=1S/C32H40/c1-23-9-13-27(14-10-23)7-5-6-8-28-15-19-32(25(3)21-28)30-18-20-31(26(4)22-30)29-16-11-24(2)12-17-29/h9-10,13-15,18-22,24,29H,5-8,11-12,16-17H2,1-4H3. The van der Waals surface area contributed by atoms with Crippen LogP contribution in [0.1, 0.15) is 84.7 Å². The van der Waals surface area contributed by atoms with E-state index in [1.165, 1.54) is 90.3 Å². The van der Waals surface area contributed by atoms with Crippen molar-refractivity contribution in [3.63, 3.8) is 0 Å². The minimum atomic E-state index is 0.767. The molecular formula is C32H40. The van der Waals surface area contributed by atoms with Crippen molar-refractivity contribution in [3.05, 3.63) is 94.0 Å². The highest BCUT2D eigenvalue weighted by Gasteiger charge is 2.21. The molecule has 0 amide bonds. The Morgan fingerprint density at radius 2 is 1.31 bits per heavy atom. The number of rotatable bonds is 7. The normalized spacial score (nSPS) is 18.6. The molecule has 0 saturated heterocycles. The van der Waals surface area contributed by atoms with Gasteiger partial charge in [0.25, 0.3) is 0 Å². The van der Waals surface area contributed by atoms with E-state index in [0.717, 1.165) is 11.8 Å². The summed E-state index contributed by atoms with van der Waals surface area (Å²) in [6.07, 6.45) is 10.4. The Morgan fingerprint density at radius 1 is 0.656 bits per heavy atom. The Kier molecular flexibility index (Phi) is 7.51. The summed E-state index contributed by atoms with van der Waals surface area (Å²) in [6, 6.07) is 23.3. The summed E-state index contributed by atoms with van der Waals surface area (Å²) in [4.78, 5) is 0. The fourth-order valence-electron chi connectivity index (χ4n) is 5.49. The Hall–Kier alpha value is -2.34. The molecule has 0 bridgehead atoms. The van der Waals surface area contributed by atoms with Gasteiger partial charge in [-0.05, 0) is 110 Å². The molecule has 32 heavy (non-hydrogen) atoms. The number of hydrogen-bond acceptors (Lipinski definition) is 0. The average Bonchev–Trinajstić information content (AvgIpc) is 2.79. The second-order valence-electron chi connectivity index (χ2n) is 10.4. The maximum absolute atomic E-state index is 2.43. The highest BCUT2D eigenvalue weighted by molar-refractivity contribution is 5.69. The van der Waals surface area contributed by atoms with Crippen molar-refractivity contribution in [1.29, 1.82) is 0 Å². The first-order valence-corrected chi connectivity index (χ1v) is 12.8. The van der Waals surface area contributed by atoms with Gasteiger partial charge in [0.15, 0.2) is 0 Å². The Morgan fingerprint density at radius 3 is 1.97 bits per heavy atom. The number of benzene rings is 3. The van der Waals surface area contributed by atoms with Gasteiger partial charge in [-0.2, -0.15) is 0 Å². The average molecular weight is 425 g/mol. The van der Waals surface area contributed by atoms with Gasteiger partial charge >= 0.3 is 0 Å². The van der Waals surface area contributed by atoms with Crippen LogP contribution in [-0.2, 0) is 12.8 Å². The highest BCUT2D eigenvalue weighted by atomic mass is 14.3. The van der Waals surface area contributed by atoms with Gasteiger partial charge in [0, 0.05) is 0 Å². The van der Waals surface area contributed by atoms with E-state index in [1.807, 2.05) is 0 Å². The fraction of sp³-hybridized carbons (Fsp3) is 0.438. The molecule has 4 rings (SSSR count). The lowest BCUT2D eigenvalue weighted by Crippen LogP contribution is -2.11. The molecule has 3 aromatic carbocycles. The molecule has 1 aliphatic carbocycles. The van der Waals surface area contributed by atoms with E-state index in [0.29, 0.717) is 0 Å². The molecule has 0 heterocycles. The van der Waals surface area contributed by atoms with Gasteiger partial charge in [0.1, 0.15) is 0 Å². The highest BCUT2D eigenvalue weighted by Crippen LogP contribution is 2.38. The summed E-state index contributed by atoms with van der Waals surface area (Å²) in [5, 5.41) is 0. The topological polar surface area (TPSA) is 0 Å². The van der Waals surface area contributed by atoms with Crippen molar-refractivity contribution in [3.8, 4) is 11.1 Å². The molecule has 0 N–H and O–H groups in total. The van der Waals surface area contributed by atoms with Crippen LogP contribution >= 0.6 is 0 Å². The lowest BCUT2D eigenvalue weighted by atomic mass is 9.78. The van der Waals surface area contributed by atoms with E-state index in [1.54, 1.807) is 5.56 Å². The predicted molar refractivity (Wildman–Crippen MR) is 140 cm³/mol. The lowest BCUT2D eigenvalue weighted by molar-refractivity contribution is 0.347. The van der Waals surface area contributed by atoms with Gasteiger partial charge in [-0.25, -0.2) is 0 Å². The third-order valence-corrected chi connectivity index (χ3v) is 7.63. The molecular weight excluding hydrogens is 384 g/mol. The third-order valence-electron chi connectivity index (χ3n) is 7.63. The molecule has 168 valence electrons. The molecule has 0 nitrogen and oxygen atoms in total. The second kappa shape index (κ2) is 10.5. The van der Waals surface area contributed by atoms with Crippen LogP contribution in [0.4, 0.5) is 0 Å². The van der Waals surface area contributed by atoms with E-state index >= 15 is 0 Å². The molecule has 0 unspecified atom stereocenters. The van der Waals surface area contributed by atoms with Gasteiger partial charge in [-0.15, -0.1) is 0 Å². The van der Waals surface area contributed by atoms with E-state index in [-0.39, 0.29) is 0 Å². The van der Waals surface area contributed by atoms with E-state index < -0.39 is 0 Å². The van der Waals surface area contributed by atoms with Gasteiger partial charge in [-0.3, -0.25) is 0 Å². The Labute approximate surface area is 196 Å². The van der Waals surface area contributed by atoms with Crippen molar-refractivity contribution in [2.45, 2.75) is 85.0 Å². The minimum Gasteiger partial charge on any atom is -0.0625 e. The van der Waals surface area contributed by atoms with Crippen LogP contribution in [0.5, 0.6) is 0 Å². The SMILES string of the molecule is Cc1ccc(CCCCc2ccc(-c3ccc(C4CCC(C)CC4)c(C)c3)c(C)c2)cc1. The molecule has 1 fully saturated rings. The van der Waals surface area contributed by atoms with Gasteiger partial charge < -0.3 is 0 Å². The number of aryl methyl sites for hydroxylation is 5. The zero-order chi connectivity index (χ0) is 22.5. The molecule has 0 heteroatoms. The molecule has 1 aliphatic rings. The first kappa shape index (κ1) is 22.8. The number of unbranched alkanes of at least 4 members (excludes halogenated alkanes) is 1. The zero-order valence-electron chi connectivity index (χ0n) is 20.6. The zero-order valence-corrected chi connectivity index (χ0v) is 20.6. The Bertz CT molecular complexity index is 1020. The molecule has 0 atom stereocenters. The lowest BCUT2D eigenvalue weighted by Gasteiger charge is -2.28. The van der Waals surface area contributed by atoms with Crippen LogP contribution in [-0.4, -0.2) is 0 Å². The molecule has 0 aromatic heterocycles. The number of hydrogen-bond donors (Lipinski definition) is 0. The second-order valence-corrected chi connectivity index (χ2v) is 10.4. The quantitative estimate of drug-likeness (QED) is 0.332. The van der Waals surface area contributed by atoms with Gasteiger partial charge in [0.2, 0.25) is 0 Å². The van der Waals surface area contributed by atoms with Crippen molar-refractivity contribution in [1.82, 2.24) is 0 Å². The Balaban J connectivity index is 1.36. The van der Waals surface area contributed by atoms with Crippen molar-refractivity contribution in [2.75, 3.05) is 0 Å². The van der Waals surface area contributed by atoms with E-state index in [9.17, 15) is 0 Å². The van der Waals surface area contributed by atoms with Crippen LogP contribution in [0.15, 0.2) is 60.7 Å².